The number of nitrogens with zero attached hydrogens (tertiary/aromatic N) is 1. The van der Waals surface area contributed by atoms with Crippen LogP contribution in [-0.2, 0) is 6.54 Å². The third kappa shape index (κ3) is 5.23. The van der Waals surface area contributed by atoms with Crippen LogP contribution in [0.3, 0.4) is 0 Å². The Kier molecular flexibility index (Phi) is 6.73. The number of hydrogen-bond acceptors (Lipinski definition) is 4. The van der Waals surface area contributed by atoms with Gasteiger partial charge in [-0.15, -0.1) is 0 Å². The molecule has 0 aromatic heterocycles. The SMILES string of the molecule is COc1cc(CNc2ccc(N3CCCCC3)c(Cl)c2)ccc1OC(C)C. The standard InChI is InChI=1S/C22H29ClN2O2/c1-16(2)27-21-10-7-17(13-22(21)26-3)15-24-18-8-9-20(19(23)14-18)25-11-5-4-6-12-25/h7-10,13-14,16,24H,4-6,11-12,15H2,1-3H3. The average Bonchev–Trinajstić information content (AvgIpc) is 2.67. The summed E-state index contributed by atoms with van der Waals surface area (Å²) in [6, 6.07) is 12.3. The zero-order valence-electron chi connectivity index (χ0n) is 16.4. The van der Waals surface area contributed by atoms with Gasteiger partial charge in [-0.1, -0.05) is 17.7 Å². The van der Waals surface area contributed by atoms with Crippen molar-refractivity contribution in [2.45, 2.75) is 45.8 Å². The van der Waals surface area contributed by atoms with E-state index in [9.17, 15) is 0 Å². The van der Waals surface area contributed by atoms with Crippen LogP contribution >= 0.6 is 11.6 Å². The molecule has 0 spiro atoms. The highest BCUT2D eigenvalue weighted by Crippen LogP contribution is 2.32. The minimum absolute atomic E-state index is 0.114. The molecule has 0 unspecified atom stereocenters. The van der Waals surface area contributed by atoms with Crippen LogP contribution in [0.5, 0.6) is 11.5 Å². The smallest absolute Gasteiger partial charge is 0.161 e. The predicted octanol–water partition coefficient (Wildman–Crippen LogP) is 5.74. The number of benzene rings is 2. The van der Waals surface area contributed by atoms with Crippen molar-refractivity contribution in [2.24, 2.45) is 0 Å². The van der Waals surface area contributed by atoms with Crippen molar-refractivity contribution in [1.82, 2.24) is 0 Å². The predicted molar refractivity (Wildman–Crippen MR) is 114 cm³/mol. The summed E-state index contributed by atoms with van der Waals surface area (Å²) in [6.45, 7) is 6.89. The second-order valence-corrected chi connectivity index (χ2v) is 7.63. The number of anilines is 2. The minimum atomic E-state index is 0.114. The summed E-state index contributed by atoms with van der Waals surface area (Å²) in [5, 5.41) is 4.25. The van der Waals surface area contributed by atoms with Crippen LogP contribution in [0.2, 0.25) is 5.02 Å². The van der Waals surface area contributed by atoms with E-state index in [1.165, 1.54) is 19.3 Å². The number of methoxy groups -OCH3 is 1. The van der Waals surface area contributed by atoms with Crippen LogP contribution < -0.4 is 19.7 Å². The van der Waals surface area contributed by atoms with Crippen molar-refractivity contribution in [3.05, 3.63) is 47.0 Å². The minimum Gasteiger partial charge on any atom is -0.493 e. The second-order valence-electron chi connectivity index (χ2n) is 7.22. The van der Waals surface area contributed by atoms with Crippen molar-refractivity contribution in [3.8, 4) is 11.5 Å². The molecular formula is C22H29ClN2O2. The van der Waals surface area contributed by atoms with Gasteiger partial charge in [-0.05, 0) is 69.0 Å². The van der Waals surface area contributed by atoms with Gasteiger partial charge in [0.05, 0.1) is 23.9 Å². The molecule has 3 rings (SSSR count). The van der Waals surface area contributed by atoms with Gasteiger partial charge in [-0.3, -0.25) is 0 Å². The molecule has 1 N–H and O–H groups in total. The molecule has 27 heavy (non-hydrogen) atoms. The molecule has 1 heterocycles. The molecule has 0 bridgehead atoms. The van der Waals surface area contributed by atoms with Gasteiger partial charge in [0.2, 0.25) is 0 Å². The summed E-state index contributed by atoms with van der Waals surface area (Å²) in [7, 11) is 1.67. The third-order valence-corrected chi connectivity index (χ3v) is 5.03. The molecule has 1 aliphatic rings. The zero-order valence-corrected chi connectivity index (χ0v) is 17.2. The van der Waals surface area contributed by atoms with E-state index in [-0.39, 0.29) is 6.10 Å². The zero-order chi connectivity index (χ0) is 19.2. The lowest BCUT2D eigenvalue weighted by atomic mass is 10.1. The van der Waals surface area contributed by atoms with Crippen molar-refractivity contribution in [2.75, 3.05) is 30.4 Å². The Hall–Kier alpha value is -2.07. The van der Waals surface area contributed by atoms with Gasteiger partial charge in [0, 0.05) is 25.3 Å². The van der Waals surface area contributed by atoms with E-state index in [1.54, 1.807) is 7.11 Å². The van der Waals surface area contributed by atoms with Crippen LogP contribution in [0, 0.1) is 0 Å². The first-order valence-corrected chi connectivity index (χ1v) is 10.1. The first-order valence-electron chi connectivity index (χ1n) is 9.69. The van der Waals surface area contributed by atoms with Crippen LogP contribution in [0.1, 0.15) is 38.7 Å². The molecule has 0 saturated carbocycles. The molecule has 0 amide bonds. The maximum Gasteiger partial charge on any atom is 0.161 e. The van der Waals surface area contributed by atoms with E-state index in [0.29, 0.717) is 6.54 Å². The maximum atomic E-state index is 6.54. The second kappa shape index (κ2) is 9.23. The molecular weight excluding hydrogens is 360 g/mol. The Morgan fingerprint density at radius 3 is 2.48 bits per heavy atom. The van der Waals surface area contributed by atoms with Crippen LogP contribution in [0.4, 0.5) is 11.4 Å². The van der Waals surface area contributed by atoms with Gasteiger partial charge in [-0.25, -0.2) is 0 Å². The highest BCUT2D eigenvalue weighted by atomic mass is 35.5. The van der Waals surface area contributed by atoms with Crippen LogP contribution in [0.25, 0.3) is 0 Å². The van der Waals surface area contributed by atoms with E-state index in [2.05, 4.69) is 28.4 Å². The van der Waals surface area contributed by atoms with E-state index in [4.69, 9.17) is 21.1 Å². The Morgan fingerprint density at radius 2 is 1.81 bits per heavy atom. The summed E-state index contributed by atoms with van der Waals surface area (Å²) in [5.74, 6) is 1.52. The Labute approximate surface area is 167 Å². The van der Waals surface area contributed by atoms with Gasteiger partial charge in [-0.2, -0.15) is 0 Å². The molecule has 5 heteroatoms. The molecule has 2 aromatic rings. The number of halogens is 1. The molecule has 0 aliphatic carbocycles. The molecule has 1 aliphatic heterocycles. The van der Waals surface area contributed by atoms with E-state index >= 15 is 0 Å². The molecule has 4 nitrogen and oxygen atoms in total. The molecule has 146 valence electrons. The summed E-state index contributed by atoms with van der Waals surface area (Å²) in [5.41, 5.74) is 3.28. The van der Waals surface area contributed by atoms with Crippen LogP contribution in [-0.4, -0.2) is 26.3 Å². The van der Waals surface area contributed by atoms with Gasteiger partial charge >= 0.3 is 0 Å². The summed E-state index contributed by atoms with van der Waals surface area (Å²) in [6.07, 6.45) is 3.92. The molecule has 1 fully saturated rings. The fourth-order valence-electron chi connectivity index (χ4n) is 3.39. The highest BCUT2D eigenvalue weighted by Gasteiger charge is 2.14. The quantitative estimate of drug-likeness (QED) is 0.655. The summed E-state index contributed by atoms with van der Waals surface area (Å²) >= 11 is 6.54. The van der Waals surface area contributed by atoms with Crippen LogP contribution in [0.15, 0.2) is 36.4 Å². The number of ether oxygens (including phenoxy) is 2. The number of rotatable bonds is 7. The van der Waals surface area contributed by atoms with E-state index in [1.807, 2.05) is 32.0 Å². The van der Waals surface area contributed by atoms with E-state index in [0.717, 1.165) is 46.5 Å². The topological polar surface area (TPSA) is 33.7 Å². The van der Waals surface area contributed by atoms with Gasteiger partial charge in [0.1, 0.15) is 0 Å². The molecule has 2 aromatic carbocycles. The number of hydrogen-bond donors (Lipinski definition) is 1. The number of nitrogens with one attached hydrogen (secondary N) is 1. The lowest BCUT2D eigenvalue weighted by molar-refractivity contribution is 0.230. The molecule has 0 radical (unpaired) electrons. The van der Waals surface area contributed by atoms with Crippen molar-refractivity contribution in [1.29, 1.82) is 0 Å². The highest BCUT2D eigenvalue weighted by molar-refractivity contribution is 6.33. The lowest BCUT2D eigenvalue weighted by Crippen LogP contribution is -2.29. The normalized spacial score (nSPS) is 14.3. The first-order chi connectivity index (χ1) is 13.1. The largest absolute Gasteiger partial charge is 0.493 e. The van der Waals surface area contributed by atoms with Crippen molar-refractivity contribution >= 4 is 23.0 Å². The molecule has 1 saturated heterocycles. The van der Waals surface area contributed by atoms with Gasteiger partial charge in [0.25, 0.3) is 0 Å². The summed E-state index contributed by atoms with van der Waals surface area (Å²) in [4.78, 5) is 2.38. The monoisotopic (exact) mass is 388 g/mol. The fourth-order valence-corrected chi connectivity index (χ4v) is 3.69. The van der Waals surface area contributed by atoms with Crippen molar-refractivity contribution < 1.29 is 9.47 Å². The summed E-state index contributed by atoms with van der Waals surface area (Å²) < 4.78 is 11.2. The number of piperidine rings is 1. The average molecular weight is 389 g/mol. The lowest BCUT2D eigenvalue weighted by Gasteiger charge is -2.29. The Balaban J connectivity index is 1.65. The van der Waals surface area contributed by atoms with Crippen molar-refractivity contribution in [3.63, 3.8) is 0 Å². The fraction of sp³-hybridized carbons (Fsp3) is 0.455. The maximum absolute atomic E-state index is 6.54. The van der Waals surface area contributed by atoms with Gasteiger partial charge < -0.3 is 19.7 Å². The molecule has 0 atom stereocenters. The van der Waals surface area contributed by atoms with E-state index < -0.39 is 0 Å². The Bertz CT molecular complexity index is 758. The third-order valence-electron chi connectivity index (χ3n) is 4.73. The van der Waals surface area contributed by atoms with Gasteiger partial charge in [0.15, 0.2) is 11.5 Å². The first kappa shape index (κ1) is 19.7. The Morgan fingerprint density at radius 1 is 1.04 bits per heavy atom.